The van der Waals surface area contributed by atoms with Gasteiger partial charge in [-0.2, -0.15) is 0 Å². The summed E-state index contributed by atoms with van der Waals surface area (Å²) in [5, 5.41) is 8.09. The standard InChI is InChI=1S/C14H22N2O/c1-12-10-16(8-9-17-12)11-13-6-4-2-3-5-7-14(13)15/h2,4,6,12,15H,3,5,7-11H2,1H3/b4-2?,13-6-,15-14?. The molecule has 0 aromatic carbocycles. The number of ether oxygens (including phenoxy) is 1. The van der Waals surface area contributed by atoms with Gasteiger partial charge in [0.25, 0.3) is 0 Å². The van der Waals surface area contributed by atoms with Crippen LogP contribution in [0.1, 0.15) is 26.2 Å². The summed E-state index contributed by atoms with van der Waals surface area (Å²) in [7, 11) is 0. The molecule has 0 aromatic rings. The molecule has 1 atom stereocenters. The van der Waals surface area contributed by atoms with Gasteiger partial charge < -0.3 is 10.1 Å². The zero-order chi connectivity index (χ0) is 12.1. The average Bonchev–Trinajstić information content (AvgIpc) is 2.29. The van der Waals surface area contributed by atoms with E-state index in [4.69, 9.17) is 10.1 Å². The van der Waals surface area contributed by atoms with Gasteiger partial charge in [0, 0.05) is 25.3 Å². The molecule has 1 unspecified atom stereocenters. The maximum atomic E-state index is 8.09. The second-order valence-electron chi connectivity index (χ2n) is 4.91. The van der Waals surface area contributed by atoms with Crippen LogP contribution in [0.2, 0.25) is 0 Å². The van der Waals surface area contributed by atoms with Gasteiger partial charge in [-0.15, -0.1) is 0 Å². The van der Waals surface area contributed by atoms with Gasteiger partial charge in [-0.1, -0.05) is 18.2 Å². The number of nitrogens with one attached hydrogen (secondary N) is 1. The summed E-state index contributed by atoms with van der Waals surface area (Å²) in [6.45, 7) is 5.80. The lowest BCUT2D eigenvalue weighted by Crippen LogP contribution is -2.42. The summed E-state index contributed by atoms with van der Waals surface area (Å²) >= 11 is 0. The molecule has 1 aliphatic carbocycles. The van der Waals surface area contributed by atoms with Gasteiger partial charge in [0.05, 0.1) is 12.7 Å². The van der Waals surface area contributed by atoms with Gasteiger partial charge >= 0.3 is 0 Å². The van der Waals surface area contributed by atoms with Crippen molar-refractivity contribution in [1.82, 2.24) is 4.90 Å². The van der Waals surface area contributed by atoms with Crippen molar-refractivity contribution in [1.29, 1.82) is 5.41 Å². The number of morpholine rings is 1. The highest BCUT2D eigenvalue weighted by Crippen LogP contribution is 2.13. The fourth-order valence-corrected chi connectivity index (χ4v) is 2.36. The summed E-state index contributed by atoms with van der Waals surface area (Å²) in [4.78, 5) is 2.39. The Hall–Kier alpha value is -0.930. The van der Waals surface area contributed by atoms with E-state index in [2.05, 4.69) is 30.1 Å². The smallest absolute Gasteiger partial charge is 0.0674 e. The average molecular weight is 234 g/mol. The van der Waals surface area contributed by atoms with E-state index in [1.165, 1.54) is 5.57 Å². The highest BCUT2D eigenvalue weighted by Gasteiger charge is 2.18. The van der Waals surface area contributed by atoms with Crippen molar-refractivity contribution in [2.24, 2.45) is 0 Å². The summed E-state index contributed by atoms with van der Waals surface area (Å²) in [6, 6.07) is 0. The molecule has 0 aromatic heterocycles. The van der Waals surface area contributed by atoms with Crippen LogP contribution >= 0.6 is 0 Å². The molecule has 0 saturated carbocycles. The second kappa shape index (κ2) is 6.12. The third-order valence-electron chi connectivity index (χ3n) is 3.34. The second-order valence-corrected chi connectivity index (χ2v) is 4.91. The minimum atomic E-state index is 0.322. The Morgan fingerprint density at radius 1 is 1.53 bits per heavy atom. The zero-order valence-electron chi connectivity index (χ0n) is 10.6. The monoisotopic (exact) mass is 234 g/mol. The van der Waals surface area contributed by atoms with E-state index in [1.54, 1.807) is 0 Å². The molecule has 94 valence electrons. The van der Waals surface area contributed by atoms with E-state index >= 15 is 0 Å². The lowest BCUT2D eigenvalue weighted by molar-refractivity contribution is -0.0144. The minimum Gasteiger partial charge on any atom is -0.376 e. The van der Waals surface area contributed by atoms with E-state index in [0.29, 0.717) is 6.10 Å². The Kier molecular flexibility index (Phi) is 4.51. The van der Waals surface area contributed by atoms with Crippen LogP contribution in [0.25, 0.3) is 0 Å². The lowest BCUT2D eigenvalue weighted by atomic mass is 10.0. The molecule has 1 heterocycles. The molecule has 2 rings (SSSR count). The molecular formula is C14H22N2O. The maximum absolute atomic E-state index is 8.09. The highest BCUT2D eigenvalue weighted by molar-refractivity contribution is 5.98. The third kappa shape index (κ3) is 3.79. The Balaban J connectivity index is 1.97. The van der Waals surface area contributed by atoms with Crippen LogP contribution in [0.15, 0.2) is 23.8 Å². The molecule has 0 spiro atoms. The van der Waals surface area contributed by atoms with Crippen molar-refractivity contribution in [3.63, 3.8) is 0 Å². The summed E-state index contributed by atoms with van der Waals surface area (Å²) in [5.74, 6) is 0. The van der Waals surface area contributed by atoms with E-state index in [1.807, 2.05) is 0 Å². The number of hydrogen-bond donors (Lipinski definition) is 1. The van der Waals surface area contributed by atoms with Crippen LogP contribution in [0, 0.1) is 5.41 Å². The van der Waals surface area contributed by atoms with Gasteiger partial charge in [-0.05, 0) is 31.8 Å². The molecule has 3 heteroatoms. The Morgan fingerprint density at radius 3 is 3.24 bits per heavy atom. The van der Waals surface area contributed by atoms with Gasteiger partial charge in [0.15, 0.2) is 0 Å². The van der Waals surface area contributed by atoms with E-state index in [-0.39, 0.29) is 0 Å². The Morgan fingerprint density at radius 2 is 2.41 bits per heavy atom. The van der Waals surface area contributed by atoms with E-state index < -0.39 is 0 Å². The molecule has 0 amide bonds. The van der Waals surface area contributed by atoms with Crippen molar-refractivity contribution in [3.8, 4) is 0 Å². The predicted molar refractivity (Wildman–Crippen MR) is 70.7 cm³/mol. The van der Waals surface area contributed by atoms with E-state index in [9.17, 15) is 0 Å². The topological polar surface area (TPSA) is 36.3 Å². The number of hydrogen-bond acceptors (Lipinski definition) is 3. The number of allylic oxidation sites excluding steroid dienone is 3. The summed E-state index contributed by atoms with van der Waals surface area (Å²) < 4.78 is 5.54. The minimum absolute atomic E-state index is 0.322. The van der Waals surface area contributed by atoms with Crippen molar-refractivity contribution in [2.45, 2.75) is 32.3 Å². The van der Waals surface area contributed by atoms with Crippen LogP contribution in [0.3, 0.4) is 0 Å². The van der Waals surface area contributed by atoms with Crippen LogP contribution in [-0.4, -0.2) is 43.0 Å². The van der Waals surface area contributed by atoms with Gasteiger partial charge in [0.2, 0.25) is 0 Å². The fourth-order valence-electron chi connectivity index (χ4n) is 2.36. The molecule has 1 saturated heterocycles. The zero-order valence-corrected chi connectivity index (χ0v) is 10.6. The van der Waals surface area contributed by atoms with Crippen LogP contribution in [0.4, 0.5) is 0 Å². The SMILES string of the molecule is CC1CN(C/C2=C/C=CCCCC2=N)CCO1. The molecule has 1 fully saturated rings. The first-order valence-electron chi connectivity index (χ1n) is 6.53. The molecule has 0 radical (unpaired) electrons. The predicted octanol–water partition coefficient (Wildman–Crippen LogP) is 2.39. The normalized spacial score (nSPS) is 30.5. The van der Waals surface area contributed by atoms with Crippen molar-refractivity contribution < 1.29 is 4.74 Å². The van der Waals surface area contributed by atoms with Gasteiger partial charge in [-0.25, -0.2) is 0 Å². The lowest BCUT2D eigenvalue weighted by Gasteiger charge is -2.31. The molecule has 3 nitrogen and oxygen atoms in total. The van der Waals surface area contributed by atoms with Crippen molar-refractivity contribution >= 4 is 5.71 Å². The molecule has 1 N–H and O–H groups in total. The summed E-state index contributed by atoms with van der Waals surface area (Å²) in [5.41, 5.74) is 1.99. The van der Waals surface area contributed by atoms with E-state index in [0.717, 1.165) is 51.2 Å². The maximum Gasteiger partial charge on any atom is 0.0674 e. The molecule has 0 bridgehead atoms. The van der Waals surface area contributed by atoms with Gasteiger partial charge in [-0.3, -0.25) is 4.90 Å². The first kappa shape index (κ1) is 12.5. The van der Waals surface area contributed by atoms with Crippen LogP contribution in [0.5, 0.6) is 0 Å². The molecule has 17 heavy (non-hydrogen) atoms. The fraction of sp³-hybridized carbons (Fsp3) is 0.643. The largest absolute Gasteiger partial charge is 0.376 e. The highest BCUT2D eigenvalue weighted by atomic mass is 16.5. The Bertz CT molecular complexity index is 333. The Labute approximate surface area is 104 Å². The number of rotatable bonds is 2. The van der Waals surface area contributed by atoms with Gasteiger partial charge in [0.1, 0.15) is 0 Å². The first-order chi connectivity index (χ1) is 8.25. The molecular weight excluding hydrogens is 212 g/mol. The van der Waals surface area contributed by atoms with Crippen LogP contribution < -0.4 is 0 Å². The molecule has 1 aliphatic heterocycles. The van der Waals surface area contributed by atoms with Crippen LogP contribution in [-0.2, 0) is 4.74 Å². The quantitative estimate of drug-likeness (QED) is 0.796. The summed E-state index contributed by atoms with van der Waals surface area (Å²) in [6.07, 6.45) is 9.86. The number of nitrogens with zero attached hydrogens (tertiary/aromatic N) is 1. The molecule has 2 aliphatic rings. The van der Waals surface area contributed by atoms with Crippen molar-refractivity contribution in [2.75, 3.05) is 26.2 Å². The first-order valence-corrected chi connectivity index (χ1v) is 6.53. The third-order valence-corrected chi connectivity index (χ3v) is 3.34. The van der Waals surface area contributed by atoms with Crippen molar-refractivity contribution in [3.05, 3.63) is 23.8 Å².